The molecule has 0 saturated carbocycles. The lowest BCUT2D eigenvalue weighted by Crippen LogP contribution is -2.54. The number of nitrogens with zero attached hydrogens (tertiary/aromatic N) is 3. The Hall–Kier alpha value is -3.45. The molecule has 6 rings (SSSR count). The lowest BCUT2D eigenvalue weighted by atomic mass is 9.70. The quantitative estimate of drug-likeness (QED) is 0.518. The van der Waals surface area contributed by atoms with Crippen molar-refractivity contribution in [3.8, 4) is 0 Å². The molecule has 0 unspecified atom stereocenters. The van der Waals surface area contributed by atoms with Crippen LogP contribution >= 0.6 is 0 Å². The number of amides is 1. The third-order valence-electron chi connectivity index (χ3n) is 8.86. The van der Waals surface area contributed by atoms with E-state index in [1.807, 2.05) is 18.3 Å². The molecular formula is C31H37N5O2. The number of anilines is 1. The standard InChI is InChI=1S/C31H37N5O2/c1-5-20-15-23-24(16-26(20)35-11-8-21(9-12-35)36-13-10-33-27(37)18-36)31(2,3)30-28(29(23)38)22-7-6-19(17-32-4)14-25(22)34-30/h6-7,14-17,21,34H,5,8-13,18H2,1-4H3,(H,33,37). The van der Waals surface area contributed by atoms with Gasteiger partial charge in [-0.2, -0.15) is 0 Å². The highest BCUT2D eigenvalue weighted by atomic mass is 16.2. The third-order valence-corrected chi connectivity index (χ3v) is 8.86. The zero-order valence-corrected chi connectivity index (χ0v) is 22.9. The molecule has 3 aromatic rings. The number of fused-ring (bicyclic) bond motifs is 4. The number of aliphatic imine (C=N–C) groups is 1. The topological polar surface area (TPSA) is 80.8 Å². The SMILES string of the molecule is CCc1cc2c(cc1N1CCC(N3CCNC(=O)C3)CC1)C(C)(C)c1[nH]c3cc(C=NC)ccc3c1C2=O. The van der Waals surface area contributed by atoms with Crippen molar-refractivity contribution in [2.45, 2.75) is 51.5 Å². The van der Waals surface area contributed by atoms with Crippen molar-refractivity contribution in [1.29, 1.82) is 0 Å². The number of ketones is 1. The first-order valence-corrected chi connectivity index (χ1v) is 13.9. The zero-order valence-electron chi connectivity index (χ0n) is 22.9. The predicted molar refractivity (Wildman–Crippen MR) is 153 cm³/mol. The van der Waals surface area contributed by atoms with Crippen LogP contribution in [0, 0.1) is 0 Å². The van der Waals surface area contributed by atoms with Crippen molar-refractivity contribution in [2.75, 3.05) is 44.7 Å². The molecule has 0 bridgehead atoms. The summed E-state index contributed by atoms with van der Waals surface area (Å²) in [6.45, 7) is 10.7. The van der Waals surface area contributed by atoms with Crippen LogP contribution in [0.3, 0.4) is 0 Å². The van der Waals surface area contributed by atoms with E-state index in [0.717, 1.165) is 84.3 Å². The lowest BCUT2D eigenvalue weighted by molar-refractivity contribution is -0.125. The van der Waals surface area contributed by atoms with Gasteiger partial charge in [0.1, 0.15) is 0 Å². The molecule has 3 aliphatic rings. The fraction of sp³-hybridized carbons (Fsp3) is 0.452. The first kappa shape index (κ1) is 24.9. The molecule has 7 heteroatoms. The van der Waals surface area contributed by atoms with Gasteiger partial charge in [-0.1, -0.05) is 32.9 Å². The average molecular weight is 512 g/mol. The first-order chi connectivity index (χ1) is 18.3. The Bertz CT molecular complexity index is 1460. The summed E-state index contributed by atoms with van der Waals surface area (Å²) in [4.78, 5) is 38.5. The number of H-pyrrole nitrogens is 1. The van der Waals surface area contributed by atoms with E-state index in [-0.39, 0.29) is 17.1 Å². The Kier molecular flexibility index (Phi) is 6.14. The molecule has 38 heavy (non-hydrogen) atoms. The van der Waals surface area contributed by atoms with E-state index >= 15 is 0 Å². The Labute approximate surface area is 224 Å². The van der Waals surface area contributed by atoms with Crippen LogP contribution in [-0.2, 0) is 16.6 Å². The fourth-order valence-electron chi connectivity index (χ4n) is 6.78. The summed E-state index contributed by atoms with van der Waals surface area (Å²) in [5, 5.41) is 3.92. The maximum absolute atomic E-state index is 14.0. The summed E-state index contributed by atoms with van der Waals surface area (Å²) in [5.74, 6) is 0.250. The highest BCUT2D eigenvalue weighted by Gasteiger charge is 2.41. The number of nitrogens with one attached hydrogen (secondary N) is 2. The van der Waals surface area contributed by atoms with Crippen LogP contribution < -0.4 is 10.2 Å². The molecule has 0 spiro atoms. The van der Waals surface area contributed by atoms with Crippen molar-refractivity contribution >= 4 is 34.5 Å². The summed E-state index contributed by atoms with van der Waals surface area (Å²) < 4.78 is 0. The van der Waals surface area contributed by atoms with Crippen molar-refractivity contribution in [2.24, 2.45) is 4.99 Å². The fourth-order valence-corrected chi connectivity index (χ4v) is 6.78. The van der Waals surface area contributed by atoms with Gasteiger partial charge in [0.25, 0.3) is 0 Å². The number of aromatic amines is 1. The first-order valence-electron chi connectivity index (χ1n) is 13.9. The second kappa shape index (κ2) is 9.38. The normalized spacial score (nSPS) is 20.2. The van der Waals surface area contributed by atoms with Gasteiger partial charge in [-0.15, -0.1) is 0 Å². The van der Waals surface area contributed by atoms with Gasteiger partial charge >= 0.3 is 0 Å². The molecule has 2 fully saturated rings. The second-order valence-electron chi connectivity index (χ2n) is 11.4. The summed E-state index contributed by atoms with van der Waals surface area (Å²) in [5.41, 5.74) is 7.87. The molecule has 198 valence electrons. The molecule has 1 aromatic heterocycles. The van der Waals surface area contributed by atoms with Crippen molar-refractivity contribution in [1.82, 2.24) is 15.2 Å². The zero-order chi connectivity index (χ0) is 26.6. The third kappa shape index (κ3) is 3.95. The van der Waals surface area contributed by atoms with Crippen LogP contribution in [-0.4, -0.2) is 73.6 Å². The number of carbonyl (C=O) groups excluding carboxylic acids is 2. The van der Waals surface area contributed by atoms with E-state index in [0.29, 0.717) is 12.6 Å². The molecule has 7 nitrogen and oxygen atoms in total. The van der Waals surface area contributed by atoms with Crippen LogP contribution in [0.15, 0.2) is 35.3 Å². The van der Waals surface area contributed by atoms with Gasteiger partial charge in [0.2, 0.25) is 5.91 Å². The van der Waals surface area contributed by atoms with Crippen molar-refractivity contribution < 1.29 is 9.59 Å². The molecule has 1 amide bonds. The summed E-state index contributed by atoms with van der Waals surface area (Å²) >= 11 is 0. The number of aryl methyl sites for hydroxylation is 1. The number of piperazine rings is 1. The van der Waals surface area contributed by atoms with Crippen LogP contribution in [0.25, 0.3) is 10.9 Å². The smallest absolute Gasteiger partial charge is 0.234 e. The van der Waals surface area contributed by atoms with Crippen LogP contribution in [0.4, 0.5) is 5.69 Å². The number of hydrogen-bond donors (Lipinski definition) is 2. The summed E-state index contributed by atoms with van der Waals surface area (Å²) in [6, 6.07) is 11.1. The molecule has 0 atom stereocenters. The number of hydrogen-bond acceptors (Lipinski definition) is 5. The van der Waals surface area contributed by atoms with E-state index in [2.05, 4.69) is 64.1 Å². The molecule has 2 N–H and O–H groups in total. The van der Waals surface area contributed by atoms with Gasteiger partial charge in [-0.05, 0) is 54.2 Å². The maximum Gasteiger partial charge on any atom is 0.234 e. The Morgan fingerprint density at radius 1 is 1.11 bits per heavy atom. The minimum absolute atomic E-state index is 0.112. The molecule has 1 aliphatic carbocycles. The van der Waals surface area contributed by atoms with Crippen LogP contribution in [0.2, 0.25) is 0 Å². The van der Waals surface area contributed by atoms with E-state index < -0.39 is 0 Å². The van der Waals surface area contributed by atoms with Gasteiger partial charge in [-0.3, -0.25) is 19.5 Å². The second-order valence-corrected chi connectivity index (χ2v) is 11.4. The number of rotatable bonds is 4. The van der Waals surface area contributed by atoms with Crippen LogP contribution in [0.5, 0.6) is 0 Å². The number of benzene rings is 2. The van der Waals surface area contributed by atoms with Crippen molar-refractivity contribution in [3.05, 3.63) is 63.8 Å². The number of carbonyl (C=O) groups is 2. The van der Waals surface area contributed by atoms with Gasteiger partial charge in [0.05, 0.1) is 12.1 Å². The van der Waals surface area contributed by atoms with Gasteiger partial charge in [0, 0.05) is 78.7 Å². The Balaban J connectivity index is 1.35. The monoisotopic (exact) mass is 511 g/mol. The largest absolute Gasteiger partial charge is 0.371 e. The van der Waals surface area contributed by atoms with E-state index in [4.69, 9.17) is 0 Å². The van der Waals surface area contributed by atoms with Gasteiger partial charge in [-0.25, -0.2) is 0 Å². The van der Waals surface area contributed by atoms with Gasteiger partial charge in [0.15, 0.2) is 5.78 Å². The minimum atomic E-state index is -0.336. The highest BCUT2D eigenvalue weighted by molar-refractivity contribution is 6.20. The van der Waals surface area contributed by atoms with E-state index in [1.165, 1.54) is 11.3 Å². The molecular weight excluding hydrogens is 474 g/mol. The molecule has 2 aliphatic heterocycles. The van der Waals surface area contributed by atoms with E-state index in [9.17, 15) is 9.59 Å². The molecule has 2 aromatic carbocycles. The van der Waals surface area contributed by atoms with Gasteiger partial charge < -0.3 is 15.2 Å². The number of aromatic nitrogens is 1. The summed E-state index contributed by atoms with van der Waals surface area (Å²) in [6.07, 6.45) is 4.81. The molecule has 3 heterocycles. The lowest BCUT2D eigenvalue weighted by Gasteiger charge is -2.42. The average Bonchev–Trinajstić information content (AvgIpc) is 3.32. The Morgan fingerprint density at radius 3 is 2.61 bits per heavy atom. The summed E-state index contributed by atoms with van der Waals surface area (Å²) in [7, 11) is 1.77. The predicted octanol–water partition coefficient (Wildman–Crippen LogP) is 4.05. The minimum Gasteiger partial charge on any atom is -0.371 e. The molecule has 2 saturated heterocycles. The van der Waals surface area contributed by atoms with Crippen LogP contribution in [0.1, 0.15) is 71.9 Å². The maximum atomic E-state index is 14.0. The number of piperidine rings is 1. The highest BCUT2D eigenvalue weighted by Crippen LogP contribution is 2.46. The molecule has 0 radical (unpaired) electrons. The Morgan fingerprint density at radius 2 is 1.89 bits per heavy atom. The van der Waals surface area contributed by atoms with Crippen molar-refractivity contribution in [3.63, 3.8) is 0 Å². The van der Waals surface area contributed by atoms with E-state index in [1.54, 1.807) is 7.05 Å².